The van der Waals surface area contributed by atoms with Gasteiger partial charge >= 0.3 is 0 Å². The Labute approximate surface area is 164 Å². The van der Waals surface area contributed by atoms with E-state index in [1.54, 1.807) is 31.4 Å². The van der Waals surface area contributed by atoms with E-state index in [9.17, 15) is 4.79 Å². The van der Waals surface area contributed by atoms with Crippen molar-refractivity contribution in [2.75, 3.05) is 57.7 Å². The molecule has 6 nitrogen and oxygen atoms in total. The maximum atomic E-state index is 12.9. The lowest BCUT2D eigenvalue weighted by Crippen LogP contribution is -2.44. The molecule has 1 aliphatic rings. The Morgan fingerprint density at radius 1 is 1.04 bits per heavy atom. The standard InChI is InChI=1S/C20H24ClN3O3/c1-23-8-10-24(11-9-23)18-6-4-14(21)12-17(18)22-20(25)16-13-15(26-2)5-7-19(16)27-3/h4-7,12-13H,8-11H2,1-3H3,(H,22,25). The smallest absolute Gasteiger partial charge is 0.259 e. The second-order valence-corrected chi connectivity index (χ2v) is 6.91. The Kier molecular flexibility index (Phi) is 6.08. The van der Waals surface area contributed by atoms with Crippen LogP contribution in [0.4, 0.5) is 11.4 Å². The molecule has 1 amide bonds. The quantitative estimate of drug-likeness (QED) is 0.849. The lowest BCUT2D eigenvalue weighted by molar-refractivity contribution is 0.102. The summed E-state index contributed by atoms with van der Waals surface area (Å²) in [6.45, 7) is 3.73. The summed E-state index contributed by atoms with van der Waals surface area (Å²) in [6, 6.07) is 10.7. The van der Waals surface area contributed by atoms with Crippen LogP contribution < -0.4 is 19.7 Å². The van der Waals surface area contributed by atoms with Crippen molar-refractivity contribution in [1.29, 1.82) is 0 Å². The highest BCUT2D eigenvalue weighted by Crippen LogP contribution is 2.32. The molecule has 0 radical (unpaired) electrons. The molecule has 2 aromatic carbocycles. The van der Waals surface area contributed by atoms with E-state index in [0.29, 0.717) is 27.8 Å². The van der Waals surface area contributed by atoms with Gasteiger partial charge in [0, 0.05) is 31.2 Å². The number of nitrogens with zero attached hydrogens (tertiary/aromatic N) is 2. The Morgan fingerprint density at radius 3 is 2.44 bits per heavy atom. The van der Waals surface area contributed by atoms with Crippen LogP contribution in [-0.2, 0) is 0 Å². The van der Waals surface area contributed by atoms with Crippen LogP contribution in [0, 0.1) is 0 Å². The molecule has 1 saturated heterocycles. The number of hydrogen-bond acceptors (Lipinski definition) is 5. The molecule has 1 N–H and O–H groups in total. The van der Waals surface area contributed by atoms with Crippen LogP contribution in [0.1, 0.15) is 10.4 Å². The number of carbonyl (C=O) groups is 1. The number of rotatable bonds is 5. The summed E-state index contributed by atoms with van der Waals surface area (Å²) in [6.07, 6.45) is 0. The molecule has 0 spiro atoms. The summed E-state index contributed by atoms with van der Waals surface area (Å²) in [4.78, 5) is 17.5. The van der Waals surface area contributed by atoms with Gasteiger partial charge < -0.3 is 24.6 Å². The van der Waals surface area contributed by atoms with Crippen molar-refractivity contribution < 1.29 is 14.3 Å². The first kappa shape index (κ1) is 19.3. The molecule has 1 aliphatic heterocycles. The summed E-state index contributed by atoms with van der Waals surface area (Å²) in [7, 11) is 5.20. The van der Waals surface area contributed by atoms with Gasteiger partial charge in [-0.3, -0.25) is 4.79 Å². The lowest BCUT2D eigenvalue weighted by atomic mass is 10.1. The van der Waals surface area contributed by atoms with Crippen molar-refractivity contribution in [1.82, 2.24) is 4.90 Å². The number of halogens is 1. The third-order valence-electron chi connectivity index (χ3n) is 4.70. The van der Waals surface area contributed by atoms with Crippen LogP contribution in [0.25, 0.3) is 0 Å². The zero-order chi connectivity index (χ0) is 19.4. The van der Waals surface area contributed by atoms with Gasteiger partial charge in [-0.25, -0.2) is 0 Å². The van der Waals surface area contributed by atoms with E-state index in [4.69, 9.17) is 21.1 Å². The number of benzene rings is 2. The fourth-order valence-electron chi connectivity index (χ4n) is 3.11. The van der Waals surface area contributed by atoms with E-state index in [0.717, 1.165) is 31.9 Å². The molecule has 1 heterocycles. The van der Waals surface area contributed by atoms with E-state index < -0.39 is 0 Å². The van der Waals surface area contributed by atoms with Crippen molar-refractivity contribution in [3.05, 3.63) is 47.0 Å². The Morgan fingerprint density at radius 2 is 1.78 bits per heavy atom. The second kappa shape index (κ2) is 8.50. The first-order valence-electron chi connectivity index (χ1n) is 8.78. The predicted octanol–water partition coefficient (Wildman–Crippen LogP) is 3.36. The number of nitrogens with one attached hydrogen (secondary N) is 1. The van der Waals surface area contributed by atoms with Crippen LogP contribution in [0.2, 0.25) is 5.02 Å². The van der Waals surface area contributed by atoms with Gasteiger partial charge in [-0.1, -0.05) is 11.6 Å². The van der Waals surface area contributed by atoms with Crippen molar-refractivity contribution in [2.45, 2.75) is 0 Å². The fraction of sp³-hybridized carbons (Fsp3) is 0.350. The fourth-order valence-corrected chi connectivity index (χ4v) is 3.28. The number of likely N-dealkylation sites (N-methyl/N-ethyl adjacent to an activating group) is 1. The van der Waals surface area contributed by atoms with Gasteiger partial charge in [-0.15, -0.1) is 0 Å². The minimum atomic E-state index is -0.275. The molecule has 1 fully saturated rings. The average Bonchev–Trinajstić information content (AvgIpc) is 2.68. The van der Waals surface area contributed by atoms with E-state index in [2.05, 4.69) is 22.2 Å². The number of anilines is 2. The first-order valence-corrected chi connectivity index (χ1v) is 9.16. The molecule has 144 valence electrons. The zero-order valence-corrected chi connectivity index (χ0v) is 16.5. The molecule has 3 rings (SSSR count). The Bertz CT molecular complexity index is 820. The first-order chi connectivity index (χ1) is 13.0. The molecule has 27 heavy (non-hydrogen) atoms. The molecular formula is C20H24ClN3O3. The highest BCUT2D eigenvalue weighted by molar-refractivity contribution is 6.31. The molecule has 0 aromatic heterocycles. The maximum Gasteiger partial charge on any atom is 0.259 e. The predicted molar refractivity (Wildman–Crippen MR) is 109 cm³/mol. The van der Waals surface area contributed by atoms with Gasteiger partial charge in [0.1, 0.15) is 11.5 Å². The van der Waals surface area contributed by atoms with Gasteiger partial charge in [0.2, 0.25) is 0 Å². The minimum absolute atomic E-state index is 0.275. The van der Waals surface area contributed by atoms with E-state index in [-0.39, 0.29) is 5.91 Å². The molecule has 0 saturated carbocycles. The molecule has 0 bridgehead atoms. The largest absolute Gasteiger partial charge is 0.497 e. The van der Waals surface area contributed by atoms with E-state index in [1.165, 1.54) is 7.11 Å². The summed E-state index contributed by atoms with van der Waals surface area (Å²) >= 11 is 6.19. The minimum Gasteiger partial charge on any atom is -0.497 e. The van der Waals surface area contributed by atoms with Gasteiger partial charge in [0.05, 0.1) is 31.2 Å². The number of amides is 1. The average molecular weight is 390 g/mol. The monoisotopic (exact) mass is 389 g/mol. The molecular weight excluding hydrogens is 366 g/mol. The summed E-state index contributed by atoms with van der Waals surface area (Å²) in [5.74, 6) is 0.797. The third kappa shape index (κ3) is 4.46. The zero-order valence-electron chi connectivity index (χ0n) is 15.8. The lowest BCUT2D eigenvalue weighted by Gasteiger charge is -2.35. The number of ether oxygens (including phenoxy) is 2. The number of piperazine rings is 1. The Balaban J connectivity index is 1.89. The van der Waals surface area contributed by atoms with Crippen molar-refractivity contribution in [3.8, 4) is 11.5 Å². The van der Waals surface area contributed by atoms with Crippen LogP contribution in [0.15, 0.2) is 36.4 Å². The summed E-state index contributed by atoms with van der Waals surface area (Å²) < 4.78 is 10.6. The summed E-state index contributed by atoms with van der Waals surface area (Å²) in [5, 5.41) is 3.56. The van der Waals surface area contributed by atoms with Gasteiger partial charge in [0.25, 0.3) is 5.91 Å². The van der Waals surface area contributed by atoms with Gasteiger partial charge in [0.15, 0.2) is 0 Å². The Hall–Kier alpha value is -2.44. The number of carbonyl (C=O) groups excluding carboxylic acids is 1. The summed E-state index contributed by atoms with van der Waals surface area (Å²) in [5.41, 5.74) is 2.05. The SMILES string of the molecule is COc1ccc(OC)c(C(=O)Nc2cc(Cl)ccc2N2CCN(C)CC2)c1. The second-order valence-electron chi connectivity index (χ2n) is 6.47. The topological polar surface area (TPSA) is 54.0 Å². The molecule has 7 heteroatoms. The van der Waals surface area contributed by atoms with Crippen molar-refractivity contribution >= 4 is 28.9 Å². The number of hydrogen-bond donors (Lipinski definition) is 1. The van der Waals surface area contributed by atoms with Crippen molar-refractivity contribution in [2.24, 2.45) is 0 Å². The van der Waals surface area contributed by atoms with E-state index in [1.807, 2.05) is 12.1 Å². The van der Waals surface area contributed by atoms with Crippen LogP contribution in [0.3, 0.4) is 0 Å². The van der Waals surface area contributed by atoms with Crippen LogP contribution >= 0.6 is 11.6 Å². The maximum absolute atomic E-state index is 12.9. The highest BCUT2D eigenvalue weighted by atomic mass is 35.5. The molecule has 0 aliphatic carbocycles. The van der Waals surface area contributed by atoms with Crippen LogP contribution in [-0.4, -0.2) is 58.3 Å². The van der Waals surface area contributed by atoms with Gasteiger partial charge in [-0.2, -0.15) is 0 Å². The third-order valence-corrected chi connectivity index (χ3v) is 4.94. The van der Waals surface area contributed by atoms with Crippen molar-refractivity contribution in [3.63, 3.8) is 0 Å². The normalized spacial score (nSPS) is 14.7. The molecule has 0 unspecified atom stereocenters. The van der Waals surface area contributed by atoms with E-state index >= 15 is 0 Å². The molecule has 2 aromatic rings. The molecule has 0 atom stereocenters. The highest BCUT2D eigenvalue weighted by Gasteiger charge is 2.20. The van der Waals surface area contributed by atoms with Gasteiger partial charge in [-0.05, 0) is 43.4 Å². The van der Waals surface area contributed by atoms with Crippen LogP contribution in [0.5, 0.6) is 11.5 Å². The number of methoxy groups -OCH3 is 2.